The third-order valence-electron chi connectivity index (χ3n) is 4.89. The number of benzene rings is 2. The van der Waals surface area contributed by atoms with Crippen molar-refractivity contribution in [3.8, 4) is 5.75 Å². The Balaban J connectivity index is 1.41. The van der Waals surface area contributed by atoms with Crippen LogP contribution in [0.5, 0.6) is 5.75 Å². The van der Waals surface area contributed by atoms with Gasteiger partial charge in [0.2, 0.25) is 0 Å². The van der Waals surface area contributed by atoms with E-state index in [0.29, 0.717) is 17.9 Å². The van der Waals surface area contributed by atoms with Crippen LogP contribution < -0.4 is 4.74 Å². The Hall–Kier alpha value is -2.17. The highest BCUT2D eigenvalue weighted by atomic mass is 16.5. The van der Waals surface area contributed by atoms with Gasteiger partial charge in [0, 0.05) is 39.3 Å². The molecule has 0 saturated carbocycles. The lowest BCUT2D eigenvalue weighted by Gasteiger charge is -2.34. The van der Waals surface area contributed by atoms with Gasteiger partial charge in [-0.05, 0) is 31.5 Å². The molecule has 1 fully saturated rings. The normalized spacial score (nSPS) is 15.8. The number of Topliss-reactive ketones (excluding diaryl/α,β-unsaturated/α-hetero) is 1. The quantitative estimate of drug-likeness (QED) is 0.715. The zero-order chi connectivity index (χ0) is 18.4. The summed E-state index contributed by atoms with van der Waals surface area (Å²) in [5, 5.41) is 0. The third-order valence-corrected chi connectivity index (χ3v) is 4.89. The van der Waals surface area contributed by atoms with E-state index in [-0.39, 0.29) is 5.78 Å². The van der Waals surface area contributed by atoms with Crippen molar-refractivity contribution in [1.82, 2.24) is 9.80 Å². The number of hydrogen-bond donors (Lipinski definition) is 0. The number of ketones is 1. The van der Waals surface area contributed by atoms with E-state index in [9.17, 15) is 4.79 Å². The molecular weight excluding hydrogens is 324 g/mol. The Kier molecular flexibility index (Phi) is 6.42. The smallest absolute Gasteiger partial charge is 0.163 e. The van der Waals surface area contributed by atoms with E-state index >= 15 is 0 Å². The van der Waals surface area contributed by atoms with Crippen molar-refractivity contribution < 1.29 is 9.53 Å². The summed E-state index contributed by atoms with van der Waals surface area (Å²) < 4.78 is 5.86. The van der Waals surface area contributed by atoms with Gasteiger partial charge in [-0.15, -0.1) is 0 Å². The molecule has 1 aliphatic rings. The number of piperazine rings is 1. The zero-order valence-electron chi connectivity index (χ0n) is 15.8. The van der Waals surface area contributed by atoms with Gasteiger partial charge in [-0.2, -0.15) is 0 Å². The fourth-order valence-electron chi connectivity index (χ4n) is 3.41. The van der Waals surface area contributed by atoms with E-state index in [1.54, 1.807) is 6.92 Å². The fourth-order valence-corrected chi connectivity index (χ4v) is 3.41. The first kappa shape index (κ1) is 18.6. The molecule has 0 amide bonds. The molecule has 0 bridgehead atoms. The van der Waals surface area contributed by atoms with Gasteiger partial charge in [0.25, 0.3) is 0 Å². The van der Waals surface area contributed by atoms with Gasteiger partial charge in [-0.25, -0.2) is 0 Å². The number of carbonyl (C=O) groups is 1. The molecule has 138 valence electrons. The maximum atomic E-state index is 11.6. The highest BCUT2D eigenvalue weighted by molar-refractivity contribution is 5.96. The van der Waals surface area contributed by atoms with Crippen molar-refractivity contribution in [2.24, 2.45) is 0 Å². The predicted octanol–water partition coefficient (Wildman–Crippen LogP) is 3.39. The monoisotopic (exact) mass is 352 g/mol. The minimum absolute atomic E-state index is 0.0466. The van der Waals surface area contributed by atoms with Crippen LogP contribution in [0.1, 0.15) is 28.4 Å². The van der Waals surface area contributed by atoms with Gasteiger partial charge in [0.05, 0.1) is 5.56 Å². The SMILES string of the molecule is CC(=O)c1ccccc1OCCN1CCN(Cc2cccc(C)c2)CC1. The lowest BCUT2D eigenvalue weighted by molar-refractivity contribution is 0.100. The summed E-state index contributed by atoms with van der Waals surface area (Å²) >= 11 is 0. The van der Waals surface area contributed by atoms with E-state index in [0.717, 1.165) is 39.3 Å². The molecule has 0 radical (unpaired) electrons. The summed E-state index contributed by atoms with van der Waals surface area (Å²) in [6.07, 6.45) is 0. The standard InChI is InChI=1S/C22H28N2O2/c1-18-6-5-7-20(16-18)17-24-12-10-23(11-13-24)14-15-26-22-9-4-3-8-21(22)19(2)25/h3-9,16H,10-15,17H2,1-2H3. The molecular formula is C22H28N2O2. The second-order valence-corrected chi connectivity index (χ2v) is 7.01. The van der Waals surface area contributed by atoms with Gasteiger partial charge in [-0.3, -0.25) is 14.6 Å². The Labute approximate surface area is 156 Å². The minimum atomic E-state index is 0.0466. The van der Waals surface area contributed by atoms with Crippen molar-refractivity contribution in [2.45, 2.75) is 20.4 Å². The number of carbonyl (C=O) groups excluding carboxylic acids is 1. The molecule has 0 unspecified atom stereocenters. The summed E-state index contributed by atoms with van der Waals surface area (Å²) in [6, 6.07) is 16.2. The zero-order valence-corrected chi connectivity index (χ0v) is 15.8. The number of ether oxygens (including phenoxy) is 1. The first-order valence-corrected chi connectivity index (χ1v) is 9.35. The topological polar surface area (TPSA) is 32.8 Å². The van der Waals surface area contributed by atoms with Crippen molar-refractivity contribution in [3.05, 3.63) is 65.2 Å². The number of aryl methyl sites for hydroxylation is 1. The van der Waals surface area contributed by atoms with Crippen molar-refractivity contribution in [1.29, 1.82) is 0 Å². The molecule has 0 aromatic heterocycles. The molecule has 1 aliphatic heterocycles. The summed E-state index contributed by atoms with van der Waals surface area (Å²) in [6.45, 7) is 10.5. The van der Waals surface area contributed by atoms with Crippen molar-refractivity contribution in [2.75, 3.05) is 39.3 Å². The van der Waals surface area contributed by atoms with Crippen LogP contribution in [0.25, 0.3) is 0 Å². The van der Waals surface area contributed by atoms with Crippen molar-refractivity contribution >= 4 is 5.78 Å². The minimum Gasteiger partial charge on any atom is -0.491 e. The van der Waals surface area contributed by atoms with Crippen LogP contribution in [0.3, 0.4) is 0 Å². The Morgan fingerprint density at radius 2 is 1.73 bits per heavy atom. The van der Waals surface area contributed by atoms with Gasteiger partial charge in [0.15, 0.2) is 5.78 Å². The van der Waals surface area contributed by atoms with Gasteiger partial charge >= 0.3 is 0 Å². The van der Waals surface area contributed by atoms with Crippen molar-refractivity contribution in [3.63, 3.8) is 0 Å². The molecule has 4 nitrogen and oxygen atoms in total. The Bertz CT molecular complexity index is 736. The molecule has 0 spiro atoms. The first-order chi connectivity index (χ1) is 12.6. The van der Waals surface area contributed by atoms with Crippen LogP contribution in [0.15, 0.2) is 48.5 Å². The summed E-state index contributed by atoms with van der Waals surface area (Å²) in [4.78, 5) is 16.6. The molecule has 0 N–H and O–H groups in total. The maximum Gasteiger partial charge on any atom is 0.163 e. The fraction of sp³-hybridized carbons (Fsp3) is 0.409. The predicted molar refractivity (Wildman–Crippen MR) is 105 cm³/mol. The average Bonchev–Trinajstić information content (AvgIpc) is 2.63. The summed E-state index contributed by atoms with van der Waals surface area (Å²) in [5.41, 5.74) is 3.38. The molecule has 4 heteroatoms. The number of rotatable bonds is 7. The van der Waals surface area contributed by atoms with Crippen LogP contribution in [0.4, 0.5) is 0 Å². The Morgan fingerprint density at radius 1 is 1.00 bits per heavy atom. The molecule has 1 saturated heterocycles. The molecule has 26 heavy (non-hydrogen) atoms. The number of nitrogens with zero attached hydrogens (tertiary/aromatic N) is 2. The largest absolute Gasteiger partial charge is 0.491 e. The second-order valence-electron chi connectivity index (χ2n) is 7.01. The molecule has 1 heterocycles. The van der Waals surface area contributed by atoms with Crippen LogP contribution in [0.2, 0.25) is 0 Å². The van der Waals surface area contributed by atoms with Gasteiger partial charge < -0.3 is 4.74 Å². The van der Waals surface area contributed by atoms with E-state index < -0.39 is 0 Å². The average molecular weight is 352 g/mol. The Morgan fingerprint density at radius 3 is 2.46 bits per heavy atom. The lowest BCUT2D eigenvalue weighted by atomic mass is 10.1. The molecule has 0 atom stereocenters. The highest BCUT2D eigenvalue weighted by Gasteiger charge is 2.17. The molecule has 3 rings (SSSR count). The van der Waals surface area contributed by atoms with E-state index in [1.165, 1.54) is 11.1 Å². The maximum absolute atomic E-state index is 11.6. The van der Waals surface area contributed by atoms with Gasteiger partial charge in [0.1, 0.15) is 12.4 Å². The van der Waals surface area contributed by atoms with Crippen LogP contribution in [0, 0.1) is 6.92 Å². The highest BCUT2D eigenvalue weighted by Crippen LogP contribution is 2.18. The molecule has 0 aliphatic carbocycles. The number of hydrogen-bond acceptors (Lipinski definition) is 4. The van der Waals surface area contributed by atoms with Crippen LogP contribution in [-0.4, -0.2) is 54.9 Å². The third kappa shape index (κ3) is 5.16. The van der Waals surface area contributed by atoms with E-state index in [2.05, 4.69) is 41.0 Å². The van der Waals surface area contributed by atoms with E-state index in [1.807, 2.05) is 24.3 Å². The first-order valence-electron chi connectivity index (χ1n) is 9.35. The number of para-hydroxylation sites is 1. The van der Waals surface area contributed by atoms with Gasteiger partial charge in [-0.1, -0.05) is 42.0 Å². The van der Waals surface area contributed by atoms with E-state index in [4.69, 9.17) is 4.74 Å². The van der Waals surface area contributed by atoms with Crippen LogP contribution in [-0.2, 0) is 6.54 Å². The lowest BCUT2D eigenvalue weighted by Crippen LogP contribution is -2.47. The van der Waals surface area contributed by atoms with Crippen LogP contribution >= 0.6 is 0 Å². The molecule has 2 aromatic rings. The second kappa shape index (κ2) is 8.97. The molecule has 2 aromatic carbocycles. The summed E-state index contributed by atoms with van der Waals surface area (Å²) in [7, 11) is 0. The summed E-state index contributed by atoms with van der Waals surface area (Å²) in [5.74, 6) is 0.739.